The fraction of sp³-hybridized carbons (Fsp3) is 0.667. The molecule has 0 radical (unpaired) electrons. The predicted octanol–water partition coefficient (Wildman–Crippen LogP) is 0.0855. The largest absolute Gasteiger partial charge is 0.378 e. The van der Waals surface area contributed by atoms with E-state index in [4.69, 9.17) is 10.00 Å². The first-order valence-corrected chi connectivity index (χ1v) is 3.78. The summed E-state index contributed by atoms with van der Waals surface area (Å²) >= 11 is 4.05. The second-order valence-corrected chi connectivity index (χ2v) is 2.51. The monoisotopic (exact) mass is 171 g/mol. The Labute approximate surface area is 70.9 Å². The smallest absolute Gasteiger partial charge is 0.208 e. The molecule has 0 aromatic carbocycles. The molecule has 0 saturated carbocycles. The Hall–Kier alpha value is -0.730. The molecule has 0 N–H and O–H groups in total. The predicted molar refractivity (Wildman–Crippen MR) is 44.4 cm³/mol. The highest BCUT2D eigenvalue weighted by Crippen LogP contribution is 2.00. The third kappa shape index (κ3) is 2.41. The van der Waals surface area contributed by atoms with Crippen molar-refractivity contribution in [1.82, 2.24) is 4.90 Å². The molecule has 1 rings (SSSR count). The standard InChI is InChI=1S/C6H9N3OS/c7-5-8-6(11)9-1-3-10-4-2-9/h1-4H2,(H,8,11). The summed E-state index contributed by atoms with van der Waals surface area (Å²) in [6.07, 6.45) is 1.69. The van der Waals surface area contributed by atoms with Gasteiger partial charge in [0, 0.05) is 13.1 Å². The first kappa shape index (κ1) is 8.37. The minimum Gasteiger partial charge on any atom is -0.378 e. The van der Waals surface area contributed by atoms with Crippen LogP contribution in [0.25, 0.3) is 0 Å². The van der Waals surface area contributed by atoms with Crippen molar-refractivity contribution >= 4 is 17.8 Å². The molecule has 0 aromatic rings. The quantitative estimate of drug-likeness (QED) is 0.243. The minimum absolute atomic E-state index is 0.482. The van der Waals surface area contributed by atoms with Gasteiger partial charge >= 0.3 is 0 Å². The number of thiol groups is 1. The van der Waals surface area contributed by atoms with Crippen LogP contribution in [0.5, 0.6) is 0 Å². The van der Waals surface area contributed by atoms with Gasteiger partial charge in [0.25, 0.3) is 0 Å². The summed E-state index contributed by atoms with van der Waals surface area (Å²) in [6.45, 7) is 2.91. The van der Waals surface area contributed by atoms with Crippen LogP contribution in [0.3, 0.4) is 0 Å². The Kier molecular flexibility index (Phi) is 3.20. The van der Waals surface area contributed by atoms with E-state index in [9.17, 15) is 0 Å². The Morgan fingerprint density at radius 3 is 2.73 bits per heavy atom. The van der Waals surface area contributed by atoms with Gasteiger partial charge in [-0.15, -0.1) is 17.6 Å². The van der Waals surface area contributed by atoms with Crippen molar-refractivity contribution in [3.63, 3.8) is 0 Å². The van der Waals surface area contributed by atoms with Crippen molar-refractivity contribution in [1.29, 1.82) is 5.26 Å². The lowest BCUT2D eigenvalue weighted by molar-refractivity contribution is 0.0694. The maximum absolute atomic E-state index is 8.22. The molecule has 0 aliphatic carbocycles. The van der Waals surface area contributed by atoms with Crippen LogP contribution in [-0.4, -0.2) is 36.4 Å². The molecule has 0 amide bonds. The molecule has 1 fully saturated rings. The molecule has 1 aliphatic rings. The van der Waals surface area contributed by atoms with E-state index in [1.807, 2.05) is 4.90 Å². The molecule has 0 atom stereocenters. The number of aliphatic imine (C=N–C) groups is 1. The highest BCUT2D eigenvalue weighted by Gasteiger charge is 2.11. The van der Waals surface area contributed by atoms with Crippen LogP contribution in [0.1, 0.15) is 0 Å². The number of morpholine rings is 1. The maximum atomic E-state index is 8.22. The SMILES string of the molecule is N#C/N=C(\S)N1CCOCC1. The molecule has 60 valence electrons. The average Bonchev–Trinajstić information content (AvgIpc) is 2.07. The molecular weight excluding hydrogens is 162 g/mol. The van der Waals surface area contributed by atoms with Crippen LogP contribution >= 0.6 is 12.6 Å². The molecule has 0 aromatic heterocycles. The average molecular weight is 171 g/mol. The Morgan fingerprint density at radius 2 is 2.18 bits per heavy atom. The summed E-state index contributed by atoms with van der Waals surface area (Å²) in [5.41, 5.74) is 0. The molecular formula is C6H9N3OS. The van der Waals surface area contributed by atoms with E-state index < -0.39 is 0 Å². The van der Waals surface area contributed by atoms with E-state index in [-0.39, 0.29) is 0 Å². The fourth-order valence-electron chi connectivity index (χ4n) is 0.879. The lowest BCUT2D eigenvalue weighted by Crippen LogP contribution is -2.38. The van der Waals surface area contributed by atoms with Crippen molar-refractivity contribution in [3.05, 3.63) is 0 Å². The van der Waals surface area contributed by atoms with E-state index in [1.54, 1.807) is 6.19 Å². The molecule has 0 spiro atoms. The normalized spacial score (nSPS) is 19.6. The molecule has 4 nitrogen and oxygen atoms in total. The minimum atomic E-state index is 0.482. The zero-order valence-electron chi connectivity index (χ0n) is 6.03. The molecule has 1 aliphatic heterocycles. The summed E-state index contributed by atoms with van der Waals surface area (Å²) in [7, 11) is 0. The van der Waals surface area contributed by atoms with Crippen LogP contribution in [0.2, 0.25) is 0 Å². The first-order chi connectivity index (χ1) is 5.34. The van der Waals surface area contributed by atoms with Crippen LogP contribution in [0, 0.1) is 11.5 Å². The van der Waals surface area contributed by atoms with E-state index in [0.29, 0.717) is 18.4 Å². The van der Waals surface area contributed by atoms with Gasteiger partial charge in [-0.25, -0.2) is 0 Å². The number of ether oxygens (including phenoxy) is 1. The van der Waals surface area contributed by atoms with Crippen LogP contribution in [0.4, 0.5) is 0 Å². The molecule has 1 saturated heterocycles. The summed E-state index contributed by atoms with van der Waals surface area (Å²) in [4.78, 5) is 5.42. The van der Waals surface area contributed by atoms with Crippen molar-refractivity contribution in [2.45, 2.75) is 0 Å². The van der Waals surface area contributed by atoms with Crippen molar-refractivity contribution in [3.8, 4) is 6.19 Å². The summed E-state index contributed by atoms with van der Waals surface area (Å²) in [5, 5.41) is 8.71. The van der Waals surface area contributed by atoms with Gasteiger partial charge in [0.1, 0.15) is 0 Å². The lowest BCUT2D eigenvalue weighted by Gasteiger charge is -2.26. The van der Waals surface area contributed by atoms with Crippen molar-refractivity contribution < 1.29 is 4.74 Å². The third-order valence-corrected chi connectivity index (χ3v) is 1.83. The summed E-state index contributed by atoms with van der Waals surface area (Å²) < 4.78 is 5.11. The number of nitrogens with zero attached hydrogens (tertiary/aromatic N) is 3. The van der Waals surface area contributed by atoms with Crippen LogP contribution in [0.15, 0.2) is 4.99 Å². The highest BCUT2D eigenvalue weighted by atomic mass is 32.1. The number of nitriles is 1. The van der Waals surface area contributed by atoms with Gasteiger partial charge in [0.05, 0.1) is 13.2 Å². The van der Waals surface area contributed by atoms with Gasteiger partial charge in [-0.3, -0.25) is 0 Å². The van der Waals surface area contributed by atoms with E-state index >= 15 is 0 Å². The second kappa shape index (κ2) is 4.21. The fourth-order valence-corrected chi connectivity index (χ4v) is 1.12. The maximum Gasteiger partial charge on any atom is 0.208 e. The van der Waals surface area contributed by atoms with Gasteiger partial charge in [-0.2, -0.15) is 5.26 Å². The molecule has 5 heteroatoms. The molecule has 11 heavy (non-hydrogen) atoms. The van der Waals surface area contributed by atoms with E-state index in [0.717, 1.165) is 13.1 Å². The Bertz CT molecular complexity index is 192. The van der Waals surface area contributed by atoms with Gasteiger partial charge in [0.2, 0.25) is 6.19 Å². The Morgan fingerprint density at radius 1 is 1.55 bits per heavy atom. The number of rotatable bonds is 0. The zero-order valence-corrected chi connectivity index (χ0v) is 6.92. The Balaban J connectivity index is 2.46. The number of amidine groups is 1. The van der Waals surface area contributed by atoms with E-state index in [1.165, 1.54) is 0 Å². The zero-order chi connectivity index (χ0) is 8.10. The van der Waals surface area contributed by atoms with Gasteiger partial charge in [-0.05, 0) is 0 Å². The van der Waals surface area contributed by atoms with Gasteiger partial charge < -0.3 is 9.64 Å². The first-order valence-electron chi connectivity index (χ1n) is 3.33. The number of hydrogen-bond acceptors (Lipinski definition) is 3. The summed E-state index contributed by atoms with van der Waals surface area (Å²) in [6, 6.07) is 0. The van der Waals surface area contributed by atoms with Crippen LogP contribution in [-0.2, 0) is 4.74 Å². The van der Waals surface area contributed by atoms with Crippen molar-refractivity contribution in [2.24, 2.45) is 4.99 Å². The molecule has 1 heterocycles. The van der Waals surface area contributed by atoms with Crippen molar-refractivity contribution in [2.75, 3.05) is 26.3 Å². The third-order valence-electron chi connectivity index (χ3n) is 1.44. The lowest BCUT2D eigenvalue weighted by atomic mass is 10.5. The van der Waals surface area contributed by atoms with Gasteiger partial charge in [-0.1, -0.05) is 0 Å². The van der Waals surface area contributed by atoms with Crippen LogP contribution < -0.4 is 0 Å². The topological polar surface area (TPSA) is 48.6 Å². The summed E-state index contributed by atoms with van der Waals surface area (Å²) in [5.74, 6) is 0. The molecule has 0 bridgehead atoms. The number of hydrogen-bond donors (Lipinski definition) is 1. The molecule has 0 unspecified atom stereocenters. The van der Waals surface area contributed by atoms with E-state index in [2.05, 4.69) is 17.6 Å². The van der Waals surface area contributed by atoms with Gasteiger partial charge in [0.15, 0.2) is 5.17 Å². The highest BCUT2D eigenvalue weighted by molar-refractivity contribution is 7.96. The second-order valence-electron chi connectivity index (χ2n) is 2.11.